The zero-order chi connectivity index (χ0) is 21.2. The lowest BCUT2D eigenvalue weighted by atomic mass is 10.1. The maximum Gasteiger partial charge on any atom is 0.254 e. The van der Waals surface area contributed by atoms with Crippen LogP contribution < -0.4 is 20.7 Å². The van der Waals surface area contributed by atoms with Crippen molar-refractivity contribution >= 4 is 29.4 Å². The van der Waals surface area contributed by atoms with Gasteiger partial charge in [0.2, 0.25) is 5.95 Å². The number of rotatable bonds is 6. The van der Waals surface area contributed by atoms with Gasteiger partial charge in [0.05, 0.1) is 12.8 Å². The van der Waals surface area contributed by atoms with Crippen molar-refractivity contribution in [3.8, 4) is 5.75 Å². The van der Waals surface area contributed by atoms with E-state index in [0.717, 1.165) is 18.7 Å². The average molecular weight is 403 g/mol. The van der Waals surface area contributed by atoms with E-state index in [1.165, 1.54) is 0 Å². The van der Waals surface area contributed by atoms with Crippen LogP contribution in [0.4, 0.5) is 17.5 Å². The molecule has 0 unspecified atom stereocenters. The Morgan fingerprint density at radius 2 is 2.07 bits per heavy atom. The molecule has 0 atom stereocenters. The Hall–Kier alpha value is -3.13. The van der Waals surface area contributed by atoms with Gasteiger partial charge in [-0.3, -0.25) is 4.79 Å². The van der Waals surface area contributed by atoms with E-state index in [0.29, 0.717) is 41.9 Å². The van der Waals surface area contributed by atoms with Gasteiger partial charge in [-0.1, -0.05) is 26.5 Å². The van der Waals surface area contributed by atoms with Gasteiger partial charge in [0.25, 0.3) is 5.91 Å². The Labute approximate surface area is 175 Å². The molecular formula is C21H34N6O2. The fraction of sp³-hybridized carbons (Fsp3) is 0.381. The number of hydrogen-bond donors (Lipinski definition) is 3. The second-order valence-corrected chi connectivity index (χ2v) is 6.03. The molecule has 8 nitrogen and oxygen atoms in total. The number of piperazine rings is 1. The van der Waals surface area contributed by atoms with Crippen LogP contribution in [-0.2, 0) is 0 Å². The molecule has 2 aromatic rings. The molecule has 8 heteroatoms. The summed E-state index contributed by atoms with van der Waals surface area (Å²) in [6, 6.07) is 5.33. The van der Waals surface area contributed by atoms with Gasteiger partial charge >= 0.3 is 0 Å². The summed E-state index contributed by atoms with van der Waals surface area (Å²) in [4.78, 5) is 23.2. The van der Waals surface area contributed by atoms with Crippen LogP contribution in [0.5, 0.6) is 5.75 Å². The summed E-state index contributed by atoms with van der Waals surface area (Å²) in [7, 11) is 3.36. The third kappa shape index (κ3) is 5.45. The van der Waals surface area contributed by atoms with Crippen molar-refractivity contribution in [3.63, 3.8) is 0 Å². The molecule has 3 N–H and O–H groups in total. The topological polar surface area (TPSA) is 91.4 Å². The van der Waals surface area contributed by atoms with E-state index in [2.05, 4.69) is 32.5 Å². The van der Waals surface area contributed by atoms with Gasteiger partial charge in [0.1, 0.15) is 11.6 Å². The molecule has 0 spiro atoms. The first-order chi connectivity index (χ1) is 14.2. The monoisotopic (exact) mass is 402 g/mol. The number of ether oxygens (including phenoxy) is 1. The predicted molar refractivity (Wildman–Crippen MR) is 122 cm³/mol. The summed E-state index contributed by atoms with van der Waals surface area (Å²) < 4.78 is 5.46. The van der Waals surface area contributed by atoms with E-state index in [-0.39, 0.29) is 8.76 Å². The van der Waals surface area contributed by atoms with Crippen LogP contribution in [0, 0.1) is 0 Å². The van der Waals surface area contributed by atoms with E-state index in [9.17, 15) is 4.79 Å². The normalized spacial score (nSPS) is 13.0. The maximum atomic E-state index is 12.7. The van der Waals surface area contributed by atoms with Crippen LogP contribution in [0.25, 0.3) is 6.08 Å². The minimum Gasteiger partial charge on any atom is -0.495 e. The number of amides is 1. The maximum absolute atomic E-state index is 12.7. The molecule has 2 heterocycles. The number of aromatic nitrogens is 2. The summed E-state index contributed by atoms with van der Waals surface area (Å²) >= 11 is 0. The van der Waals surface area contributed by atoms with Crippen molar-refractivity contribution < 1.29 is 12.4 Å². The number of benzene rings is 1. The van der Waals surface area contributed by atoms with Crippen LogP contribution in [0.15, 0.2) is 31.0 Å². The van der Waals surface area contributed by atoms with E-state index in [1.54, 1.807) is 44.6 Å². The molecule has 1 aliphatic heterocycles. The number of anilines is 3. The van der Waals surface area contributed by atoms with Crippen molar-refractivity contribution in [2.24, 2.45) is 0 Å². The van der Waals surface area contributed by atoms with Gasteiger partial charge in [0, 0.05) is 53.4 Å². The van der Waals surface area contributed by atoms with Crippen LogP contribution in [0.1, 0.15) is 32.6 Å². The Bertz CT molecular complexity index is 845. The third-order valence-electron chi connectivity index (χ3n) is 4.37. The quantitative estimate of drug-likeness (QED) is 0.681. The van der Waals surface area contributed by atoms with Crippen LogP contribution in [-0.4, -0.2) is 61.1 Å². The van der Waals surface area contributed by atoms with Gasteiger partial charge in [-0.2, -0.15) is 4.98 Å². The molecule has 0 bridgehead atoms. The molecule has 160 valence electrons. The predicted octanol–water partition coefficient (Wildman–Crippen LogP) is 3.48. The lowest BCUT2D eigenvalue weighted by molar-refractivity contribution is 0.0735. The number of nitrogens with zero attached hydrogens (tertiary/aromatic N) is 3. The molecule has 3 rings (SSSR count). The molecule has 1 aliphatic rings. The summed E-state index contributed by atoms with van der Waals surface area (Å²) in [6.07, 6.45) is 3.37. The highest BCUT2D eigenvalue weighted by atomic mass is 16.5. The largest absolute Gasteiger partial charge is 0.495 e. The molecule has 1 aromatic heterocycles. The fourth-order valence-electron chi connectivity index (χ4n) is 2.90. The van der Waals surface area contributed by atoms with Crippen LogP contribution in [0.2, 0.25) is 0 Å². The van der Waals surface area contributed by atoms with Crippen LogP contribution in [0.3, 0.4) is 0 Å². The summed E-state index contributed by atoms with van der Waals surface area (Å²) in [5.74, 6) is 1.65. The molecular weight excluding hydrogens is 368 g/mol. The smallest absolute Gasteiger partial charge is 0.254 e. The molecule has 29 heavy (non-hydrogen) atoms. The Kier molecular flexibility index (Phi) is 8.42. The average Bonchev–Trinajstić information content (AvgIpc) is 2.80. The second kappa shape index (κ2) is 11.0. The Morgan fingerprint density at radius 3 is 2.69 bits per heavy atom. The van der Waals surface area contributed by atoms with Gasteiger partial charge in [-0.25, -0.2) is 4.98 Å². The molecule has 0 radical (unpaired) electrons. The molecule has 0 saturated carbocycles. The summed E-state index contributed by atoms with van der Waals surface area (Å²) in [5.41, 5.74) is 2.09. The lowest BCUT2D eigenvalue weighted by Crippen LogP contribution is -2.46. The number of hydrogen-bond acceptors (Lipinski definition) is 7. The van der Waals surface area contributed by atoms with Gasteiger partial charge in [-0.05, 0) is 18.2 Å². The fourth-order valence-corrected chi connectivity index (χ4v) is 2.90. The standard InChI is InChI=1S/C19H24N6O2.C2H6.2H2/c1-4-13-12-22-19(24-17(13)20-2)23-15-6-5-14(11-16(15)27-3)18(26)25-9-7-21-8-10-25;1-2;;/h4-6,11-12,21H,1,7-10H2,2-3H3,(H2,20,22,23,24);1-2H3;2*1H. The number of carbonyl (C=O) groups excluding carboxylic acids is 1. The highest BCUT2D eigenvalue weighted by Gasteiger charge is 2.19. The Morgan fingerprint density at radius 1 is 1.34 bits per heavy atom. The van der Waals surface area contributed by atoms with Crippen molar-refractivity contribution in [3.05, 3.63) is 42.1 Å². The number of nitrogens with one attached hydrogen (secondary N) is 3. The number of carbonyl (C=O) groups is 1. The zero-order valence-corrected chi connectivity index (χ0v) is 17.6. The molecule has 1 amide bonds. The lowest BCUT2D eigenvalue weighted by Gasteiger charge is -2.27. The first-order valence-corrected chi connectivity index (χ1v) is 9.78. The molecule has 0 aliphatic carbocycles. The number of methoxy groups -OCH3 is 1. The van der Waals surface area contributed by atoms with Crippen molar-refractivity contribution in [2.75, 3.05) is 51.0 Å². The van der Waals surface area contributed by atoms with Crippen molar-refractivity contribution in [1.82, 2.24) is 20.2 Å². The molecule has 1 fully saturated rings. The molecule has 1 aromatic carbocycles. The highest BCUT2D eigenvalue weighted by molar-refractivity contribution is 5.95. The first-order valence-electron chi connectivity index (χ1n) is 9.78. The zero-order valence-electron chi connectivity index (χ0n) is 17.6. The SMILES string of the molecule is C=Cc1cnc(Nc2ccc(C(=O)N3CCNCC3)cc2OC)nc1NC.CC.[HH].[HH]. The highest BCUT2D eigenvalue weighted by Crippen LogP contribution is 2.29. The van der Waals surface area contributed by atoms with E-state index >= 15 is 0 Å². The first kappa shape index (κ1) is 22.2. The minimum absolute atomic E-state index is 0. The van der Waals surface area contributed by atoms with E-state index in [4.69, 9.17) is 4.74 Å². The van der Waals surface area contributed by atoms with E-state index in [1.807, 2.05) is 18.7 Å². The second-order valence-electron chi connectivity index (χ2n) is 6.03. The van der Waals surface area contributed by atoms with Crippen molar-refractivity contribution in [2.45, 2.75) is 13.8 Å². The summed E-state index contributed by atoms with van der Waals surface area (Å²) in [5, 5.41) is 9.40. The third-order valence-corrected chi connectivity index (χ3v) is 4.37. The summed E-state index contributed by atoms with van der Waals surface area (Å²) in [6.45, 7) is 10.8. The minimum atomic E-state index is 0. The molecule has 1 saturated heterocycles. The van der Waals surface area contributed by atoms with Crippen molar-refractivity contribution in [1.29, 1.82) is 0 Å². The van der Waals surface area contributed by atoms with Crippen LogP contribution >= 0.6 is 0 Å². The van der Waals surface area contributed by atoms with Gasteiger partial charge in [0.15, 0.2) is 0 Å². The Balaban J connectivity index is 0.00000219. The van der Waals surface area contributed by atoms with Gasteiger partial charge < -0.3 is 25.6 Å². The van der Waals surface area contributed by atoms with E-state index < -0.39 is 0 Å². The van der Waals surface area contributed by atoms with Gasteiger partial charge in [-0.15, -0.1) is 0 Å².